The number of thioether (sulfide) groups is 1. The molecule has 0 spiro atoms. The summed E-state index contributed by atoms with van der Waals surface area (Å²) in [7, 11) is 0. The van der Waals surface area contributed by atoms with Crippen molar-refractivity contribution in [2.75, 3.05) is 11.5 Å². The standard InChI is InChI=1S/C25H28N2O3S/c1-15(2)26-25-27(21-7-5-6-16(3)17(21)4)24(29)23(31-25)13-18-8-11-22-19(12-18)9-10-20(14-28)30-22/h5-8,11-13,15,20,28H,9-10,14H2,1-4H3/b23-13-,26-25-. The summed E-state index contributed by atoms with van der Waals surface area (Å²) < 4.78 is 5.82. The third-order valence-corrected chi connectivity index (χ3v) is 6.59. The second kappa shape index (κ2) is 8.89. The van der Waals surface area contributed by atoms with E-state index in [9.17, 15) is 9.90 Å². The zero-order valence-electron chi connectivity index (χ0n) is 18.4. The molecule has 1 fully saturated rings. The van der Waals surface area contributed by atoms with Crippen molar-refractivity contribution in [2.45, 2.75) is 52.7 Å². The minimum atomic E-state index is -0.135. The SMILES string of the molecule is Cc1cccc(N2C(=O)/C(=C/c3ccc4c(c3)CCC(CO)O4)S/C2=N\C(C)C)c1C. The molecule has 1 amide bonds. The summed E-state index contributed by atoms with van der Waals surface area (Å²) in [5, 5.41) is 10.1. The van der Waals surface area contributed by atoms with Crippen LogP contribution < -0.4 is 9.64 Å². The van der Waals surface area contributed by atoms with Crippen molar-refractivity contribution in [1.29, 1.82) is 0 Å². The Bertz CT molecular complexity index is 1070. The number of anilines is 1. The third-order valence-electron chi connectivity index (χ3n) is 5.61. The molecule has 1 saturated heterocycles. The second-order valence-corrected chi connectivity index (χ2v) is 9.31. The number of ether oxygens (including phenoxy) is 1. The van der Waals surface area contributed by atoms with E-state index in [-0.39, 0.29) is 24.7 Å². The molecule has 5 nitrogen and oxygen atoms in total. The Morgan fingerprint density at radius 1 is 1.29 bits per heavy atom. The molecule has 2 aliphatic heterocycles. The van der Waals surface area contributed by atoms with Gasteiger partial charge in [0.2, 0.25) is 0 Å². The summed E-state index contributed by atoms with van der Waals surface area (Å²) in [5.74, 6) is 0.768. The lowest BCUT2D eigenvalue weighted by Crippen LogP contribution is -2.30. The molecule has 0 aliphatic carbocycles. The van der Waals surface area contributed by atoms with Crippen LogP contribution in [0.2, 0.25) is 0 Å². The van der Waals surface area contributed by atoms with E-state index in [0.717, 1.165) is 46.5 Å². The number of fused-ring (bicyclic) bond motifs is 1. The fourth-order valence-corrected chi connectivity index (χ4v) is 4.91. The van der Waals surface area contributed by atoms with Gasteiger partial charge in [-0.05, 0) is 98.8 Å². The van der Waals surface area contributed by atoms with Crippen LogP contribution in [0.5, 0.6) is 5.75 Å². The van der Waals surface area contributed by atoms with Crippen LogP contribution >= 0.6 is 11.8 Å². The largest absolute Gasteiger partial charge is 0.488 e. The number of carbonyl (C=O) groups excluding carboxylic acids is 1. The van der Waals surface area contributed by atoms with Gasteiger partial charge in [0.1, 0.15) is 11.9 Å². The molecule has 1 atom stereocenters. The van der Waals surface area contributed by atoms with E-state index >= 15 is 0 Å². The topological polar surface area (TPSA) is 62.1 Å². The van der Waals surface area contributed by atoms with Crippen LogP contribution in [-0.4, -0.2) is 34.9 Å². The number of carbonyl (C=O) groups is 1. The van der Waals surface area contributed by atoms with Crippen LogP contribution in [0.25, 0.3) is 6.08 Å². The molecule has 2 aromatic carbocycles. The van der Waals surface area contributed by atoms with Crippen LogP contribution in [-0.2, 0) is 11.2 Å². The highest BCUT2D eigenvalue weighted by Crippen LogP contribution is 2.39. The second-order valence-electron chi connectivity index (χ2n) is 8.30. The fraction of sp³-hybridized carbons (Fsp3) is 0.360. The number of hydrogen-bond acceptors (Lipinski definition) is 5. The van der Waals surface area contributed by atoms with Crippen LogP contribution in [0.3, 0.4) is 0 Å². The number of aliphatic hydroxyl groups is 1. The van der Waals surface area contributed by atoms with Crippen LogP contribution in [0.15, 0.2) is 46.3 Å². The molecule has 0 aromatic heterocycles. The minimum Gasteiger partial charge on any atom is -0.488 e. The van der Waals surface area contributed by atoms with Gasteiger partial charge in [-0.1, -0.05) is 18.2 Å². The van der Waals surface area contributed by atoms with E-state index in [0.29, 0.717) is 10.1 Å². The lowest BCUT2D eigenvalue weighted by atomic mass is 10.00. The van der Waals surface area contributed by atoms with E-state index in [1.54, 1.807) is 4.90 Å². The number of amidine groups is 1. The highest BCUT2D eigenvalue weighted by Gasteiger charge is 2.35. The maximum Gasteiger partial charge on any atom is 0.271 e. The van der Waals surface area contributed by atoms with E-state index in [1.807, 2.05) is 51.1 Å². The Balaban J connectivity index is 1.69. The Hall–Kier alpha value is -2.57. The first kappa shape index (κ1) is 21.7. The van der Waals surface area contributed by atoms with Gasteiger partial charge in [0.05, 0.1) is 17.2 Å². The molecule has 1 N–H and O–H groups in total. The van der Waals surface area contributed by atoms with Crippen molar-refractivity contribution in [3.8, 4) is 5.75 Å². The van der Waals surface area contributed by atoms with Crippen molar-refractivity contribution < 1.29 is 14.6 Å². The number of hydrogen-bond donors (Lipinski definition) is 1. The van der Waals surface area contributed by atoms with Gasteiger partial charge in [0.25, 0.3) is 5.91 Å². The molecule has 0 radical (unpaired) electrons. The Kier molecular flexibility index (Phi) is 6.21. The average molecular weight is 437 g/mol. The monoisotopic (exact) mass is 436 g/mol. The fourth-order valence-electron chi connectivity index (χ4n) is 3.81. The molecular formula is C25H28N2O3S. The highest BCUT2D eigenvalue weighted by molar-refractivity contribution is 8.19. The van der Waals surface area contributed by atoms with E-state index in [2.05, 4.69) is 19.1 Å². The normalized spacial score (nSPS) is 21.2. The smallest absolute Gasteiger partial charge is 0.271 e. The molecule has 2 aliphatic rings. The van der Waals surface area contributed by atoms with Crippen molar-refractivity contribution in [3.63, 3.8) is 0 Å². The molecule has 162 valence electrons. The average Bonchev–Trinajstić information content (AvgIpc) is 3.03. The van der Waals surface area contributed by atoms with Crippen molar-refractivity contribution in [1.82, 2.24) is 0 Å². The number of rotatable bonds is 4. The Morgan fingerprint density at radius 3 is 2.84 bits per heavy atom. The maximum absolute atomic E-state index is 13.4. The summed E-state index contributed by atoms with van der Waals surface area (Å²) in [5.41, 5.74) is 5.18. The molecule has 0 bridgehead atoms. The van der Waals surface area contributed by atoms with Crippen molar-refractivity contribution in [2.24, 2.45) is 4.99 Å². The van der Waals surface area contributed by atoms with Gasteiger partial charge in [0, 0.05) is 6.04 Å². The first-order valence-corrected chi connectivity index (χ1v) is 11.5. The highest BCUT2D eigenvalue weighted by atomic mass is 32.2. The molecule has 1 unspecified atom stereocenters. The lowest BCUT2D eigenvalue weighted by Gasteiger charge is -2.24. The number of aryl methyl sites for hydroxylation is 2. The molecule has 2 heterocycles. The summed E-state index contributed by atoms with van der Waals surface area (Å²) in [4.78, 5) is 20.6. The zero-order chi connectivity index (χ0) is 22.1. The summed E-state index contributed by atoms with van der Waals surface area (Å²) in [6.07, 6.45) is 3.45. The molecular weight excluding hydrogens is 408 g/mol. The molecule has 31 heavy (non-hydrogen) atoms. The summed E-state index contributed by atoms with van der Waals surface area (Å²) in [6.45, 7) is 8.16. The van der Waals surface area contributed by atoms with Crippen molar-refractivity contribution in [3.05, 3.63) is 63.6 Å². The minimum absolute atomic E-state index is 0.0303. The van der Waals surface area contributed by atoms with Crippen LogP contribution in [0.1, 0.15) is 42.5 Å². The molecule has 2 aromatic rings. The van der Waals surface area contributed by atoms with Gasteiger partial charge in [0.15, 0.2) is 5.17 Å². The Morgan fingerprint density at radius 2 is 2.10 bits per heavy atom. The number of aliphatic hydroxyl groups excluding tert-OH is 1. The van der Waals surface area contributed by atoms with Crippen LogP contribution in [0, 0.1) is 13.8 Å². The first-order valence-electron chi connectivity index (χ1n) is 10.7. The summed E-state index contributed by atoms with van der Waals surface area (Å²) >= 11 is 1.42. The van der Waals surface area contributed by atoms with Crippen LogP contribution in [0.4, 0.5) is 5.69 Å². The van der Waals surface area contributed by atoms with Crippen molar-refractivity contribution >= 4 is 34.6 Å². The van der Waals surface area contributed by atoms with Gasteiger partial charge < -0.3 is 9.84 Å². The molecule has 0 saturated carbocycles. The predicted molar refractivity (Wildman–Crippen MR) is 128 cm³/mol. The van der Waals surface area contributed by atoms with E-state index < -0.39 is 0 Å². The maximum atomic E-state index is 13.4. The number of nitrogens with zero attached hydrogens (tertiary/aromatic N) is 2. The lowest BCUT2D eigenvalue weighted by molar-refractivity contribution is -0.113. The predicted octanol–water partition coefficient (Wildman–Crippen LogP) is 4.87. The quantitative estimate of drug-likeness (QED) is 0.695. The third kappa shape index (κ3) is 4.41. The number of benzene rings is 2. The molecule has 6 heteroatoms. The first-order chi connectivity index (χ1) is 14.9. The number of aliphatic imine (C=N–C) groups is 1. The molecule has 4 rings (SSSR count). The van der Waals surface area contributed by atoms with Gasteiger partial charge in [-0.15, -0.1) is 0 Å². The van der Waals surface area contributed by atoms with Gasteiger partial charge in [-0.25, -0.2) is 0 Å². The zero-order valence-corrected chi connectivity index (χ0v) is 19.2. The summed E-state index contributed by atoms with van der Waals surface area (Å²) in [6, 6.07) is 12.1. The number of amides is 1. The van der Waals surface area contributed by atoms with Gasteiger partial charge >= 0.3 is 0 Å². The van der Waals surface area contributed by atoms with Gasteiger partial charge in [-0.2, -0.15) is 0 Å². The van der Waals surface area contributed by atoms with Gasteiger partial charge in [-0.3, -0.25) is 14.7 Å². The Labute approximate surface area is 187 Å². The van der Waals surface area contributed by atoms with E-state index in [1.165, 1.54) is 11.8 Å². The van der Waals surface area contributed by atoms with E-state index in [4.69, 9.17) is 9.73 Å².